The predicted molar refractivity (Wildman–Crippen MR) is 101 cm³/mol. The molecule has 132 valence electrons. The number of thiophene rings is 1. The summed E-state index contributed by atoms with van der Waals surface area (Å²) >= 11 is 1.74. The lowest BCUT2D eigenvalue weighted by atomic mass is 9.94. The molecule has 0 aliphatic rings. The highest BCUT2D eigenvalue weighted by atomic mass is 32.1. The Balaban J connectivity index is 2.53. The normalized spacial score (nSPS) is 14.8. The summed E-state index contributed by atoms with van der Waals surface area (Å²) < 4.78 is 0. The van der Waals surface area contributed by atoms with Crippen molar-refractivity contribution >= 4 is 17.3 Å². The standard InChI is InChI=1S/C18H33N3OS/c1-5-19-18(20-11-15(4)17-7-9-23-13-17)21-12-16(6-8-22)10-14(2)3/h7,9,13-16,22H,5-6,8,10-12H2,1-4H3,(H2,19,20,21). The van der Waals surface area contributed by atoms with Gasteiger partial charge in [0.05, 0.1) is 0 Å². The van der Waals surface area contributed by atoms with Crippen LogP contribution in [0.25, 0.3) is 0 Å². The maximum Gasteiger partial charge on any atom is 0.191 e. The van der Waals surface area contributed by atoms with E-state index in [1.807, 2.05) is 0 Å². The van der Waals surface area contributed by atoms with Gasteiger partial charge in [0.1, 0.15) is 0 Å². The largest absolute Gasteiger partial charge is 0.396 e. The first-order chi connectivity index (χ1) is 11.1. The molecular weight excluding hydrogens is 306 g/mol. The molecule has 0 saturated carbocycles. The van der Waals surface area contributed by atoms with Crippen molar-refractivity contribution in [2.75, 3.05) is 26.2 Å². The molecule has 0 aliphatic heterocycles. The van der Waals surface area contributed by atoms with Gasteiger partial charge in [0.2, 0.25) is 0 Å². The van der Waals surface area contributed by atoms with Gasteiger partial charge in [-0.3, -0.25) is 4.99 Å². The van der Waals surface area contributed by atoms with Gasteiger partial charge in [0.25, 0.3) is 0 Å². The van der Waals surface area contributed by atoms with Crippen LogP contribution in [-0.2, 0) is 0 Å². The molecule has 0 fully saturated rings. The fourth-order valence-corrected chi connectivity index (χ4v) is 3.40. The number of guanidine groups is 1. The number of nitrogens with zero attached hydrogens (tertiary/aromatic N) is 1. The summed E-state index contributed by atoms with van der Waals surface area (Å²) in [5.74, 6) is 2.43. The molecule has 1 aromatic rings. The lowest BCUT2D eigenvalue weighted by Crippen LogP contribution is -2.39. The fraction of sp³-hybridized carbons (Fsp3) is 0.722. The molecule has 2 atom stereocenters. The number of hydrogen-bond donors (Lipinski definition) is 3. The van der Waals surface area contributed by atoms with Crippen molar-refractivity contribution < 1.29 is 5.11 Å². The minimum Gasteiger partial charge on any atom is -0.396 e. The number of hydrogen-bond acceptors (Lipinski definition) is 3. The van der Waals surface area contributed by atoms with Crippen LogP contribution in [0, 0.1) is 11.8 Å². The molecule has 4 nitrogen and oxygen atoms in total. The molecule has 0 aliphatic carbocycles. The number of aliphatic imine (C=N–C) groups is 1. The van der Waals surface area contributed by atoms with E-state index in [1.165, 1.54) is 5.56 Å². The highest BCUT2D eigenvalue weighted by molar-refractivity contribution is 7.07. The highest BCUT2D eigenvalue weighted by Crippen LogP contribution is 2.17. The topological polar surface area (TPSA) is 56.7 Å². The molecule has 2 unspecified atom stereocenters. The second-order valence-corrected chi connectivity index (χ2v) is 7.35. The molecule has 0 bridgehead atoms. The average Bonchev–Trinajstić information content (AvgIpc) is 3.03. The van der Waals surface area contributed by atoms with Gasteiger partial charge >= 0.3 is 0 Å². The second kappa shape index (κ2) is 11.5. The van der Waals surface area contributed by atoms with Crippen LogP contribution in [0.15, 0.2) is 21.8 Å². The van der Waals surface area contributed by atoms with Gasteiger partial charge in [0.15, 0.2) is 5.96 Å². The Morgan fingerprint density at radius 2 is 2.09 bits per heavy atom. The maximum atomic E-state index is 9.22. The van der Waals surface area contributed by atoms with Gasteiger partial charge in [-0.1, -0.05) is 20.8 Å². The van der Waals surface area contributed by atoms with E-state index >= 15 is 0 Å². The number of aliphatic hydroxyl groups is 1. The predicted octanol–water partition coefficient (Wildman–Crippen LogP) is 3.45. The first-order valence-corrected chi connectivity index (χ1v) is 9.66. The summed E-state index contributed by atoms with van der Waals surface area (Å²) in [4.78, 5) is 4.72. The second-order valence-electron chi connectivity index (χ2n) is 6.57. The summed E-state index contributed by atoms with van der Waals surface area (Å²) in [5.41, 5.74) is 1.37. The molecule has 1 rings (SSSR count). The Kier molecular flexibility index (Phi) is 9.96. The Hall–Kier alpha value is -1.07. The van der Waals surface area contributed by atoms with Crippen molar-refractivity contribution in [2.45, 2.75) is 46.5 Å². The van der Waals surface area contributed by atoms with Gasteiger partial charge in [-0.25, -0.2) is 0 Å². The van der Waals surface area contributed by atoms with Crippen molar-refractivity contribution in [1.82, 2.24) is 10.6 Å². The minimum absolute atomic E-state index is 0.242. The lowest BCUT2D eigenvalue weighted by molar-refractivity contribution is 0.245. The van der Waals surface area contributed by atoms with Crippen LogP contribution in [0.5, 0.6) is 0 Å². The molecule has 3 N–H and O–H groups in total. The molecule has 1 aromatic heterocycles. The van der Waals surface area contributed by atoms with Crippen molar-refractivity contribution in [3.63, 3.8) is 0 Å². The monoisotopic (exact) mass is 339 g/mol. The van der Waals surface area contributed by atoms with E-state index in [-0.39, 0.29) is 6.61 Å². The molecule has 0 saturated heterocycles. The van der Waals surface area contributed by atoms with Crippen LogP contribution in [0.1, 0.15) is 52.0 Å². The minimum atomic E-state index is 0.242. The number of nitrogens with one attached hydrogen (secondary N) is 2. The molecule has 0 aromatic carbocycles. The Bertz CT molecular complexity index is 431. The first kappa shape index (κ1) is 20.0. The van der Waals surface area contributed by atoms with Crippen molar-refractivity contribution in [3.05, 3.63) is 22.4 Å². The zero-order chi connectivity index (χ0) is 17.1. The molecule has 1 heterocycles. The van der Waals surface area contributed by atoms with Gasteiger partial charge < -0.3 is 15.7 Å². The molecule has 5 heteroatoms. The van der Waals surface area contributed by atoms with E-state index in [2.05, 4.69) is 55.2 Å². The third kappa shape index (κ3) is 8.37. The van der Waals surface area contributed by atoms with Crippen LogP contribution in [0.2, 0.25) is 0 Å². The van der Waals surface area contributed by atoms with Gasteiger partial charge in [0, 0.05) is 26.2 Å². The van der Waals surface area contributed by atoms with Crippen molar-refractivity contribution in [1.29, 1.82) is 0 Å². The lowest BCUT2D eigenvalue weighted by Gasteiger charge is -2.18. The smallest absolute Gasteiger partial charge is 0.191 e. The van der Waals surface area contributed by atoms with Crippen LogP contribution < -0.4 is 10.6 Å². The molecule has 0 amide bonds. The van der Waals surface area contributed by atoms with E-state index < -0.39 is 0 Å². The summed E-state index contributed by atoms with van der Waals surface area (Å²) in [6, 6.07) is 2.18. The SMILES string of the molecule is CCNC(=NCC(CCO)CC(C)C)NCC(C)c1ccsc1. The van der Waals surface area contributed by atoms with Crippen LogP contribution in [0.4, 0.5) is 0 Å². The molecular formula is C18H33N3OS. The van der Waals surface area contributed by atoms with Gasteiger partial charge in [-0.05, 0) is 59.9 Å². The Labute approximate surface area is 145 Å². The Morgan fingerprint density at radius 1 is 1.30 bits per heavy atom. The van der Waals surface area contributed by atoms with Crippen LogP contribution in [-0.4, -0.2) is 37.3 Å². The average molecular weight is 340 g/mol. The summed E-state index contributed by atoms with van der Waals surface area (Å²) in [6.07, 6.45) is 1.93. The van der Waals surface area contributed by atoms with Crippen molar-refractivity contribution in [3.8, 4) is 0 Å². The number of aliphatic hydroxyl groups excluding tert-OH is 1. The molecule has 23 heavy (non-hydrogen) atoms. The van der Waals surface area contributed by atoms with Gasteiger partial charge in [-0.2, -0.15) is 11.3 Å². The van der Waals surface area contributed by atoms with Crippen molar-refractivity contribution in [2.24, 2.45) is 16.8 Å². The molecule has 0 radical (unpaired) electrons. The number of rotatable bonds is 10. The van der Waals surface area contributed by atoms with Gasteiger partial charge in [-0.15, -0.1) is 0 Å². The Morgan fingerprint density at radius 3 is 2.65 bits per heavy atom. The summed E-state index contributed by atoms with van der Waals surface area (Å²) in [6.45, 7) is 11.5. The fourth-order valence-electron chi connectivity index (χ4n) is 2.62. The zero-order valence-electron chi connectivity index (χ0n) is 15.0. The van der Waals surface area contributed by atoms with E-state index in [4.69, 9.17) is 4.99 Å². The third-order valence-corrected chi connectivity index (χ3v) is 4.58. The maximum absolute atomic E-state index is 9.22. The van der Waals surface area contributed by atoms with E-state index in [0.717, 1.165) is 38.4 Å². The first-order valence-electron chi connectivity index (χ1n) is 8.71. The van der Waals surface area contributed by atoms with Crippen LogP contribution >= 0.6 is 11.3 Å². The zero-order valence-corrected chi connectivity index (χ0v) is 15.8. The third-order valence-electron chi connectivity index (χ3n) is 3.88. The molecule has 0 spiro atoms. The quantitative estimate of drug-likeness (QED) is 0.452. The summed E-state index contributed by atoms with van der Waals surface area (Å²) in [7, 11) is 0. The van der Waals surface area contributed by atoms with Crippen LogP contribution in [0.3, 0.4) is 0 Å². The highest BCUT2D eigenvalue weighted by Gasteiger charge is 2.11. The van der Waals surface area contributed by atoms with E-state index in [0.29, 0.717) is 17.8 Å². The van der Waals surface area contributed by atoms with E-state index in [9.17, 15) is 5.11 Å². The summed E-state index contributed by atoms with van der Waals surface area (Å²) in [5, 5.41) is 20.3. The van der Waals surface area contributed by atoms with E-state index in [1.54, 1.807) is 11.3 Å².